The van der Waals surface area contributed by atoms with E-state index in [0.29, 0.717) is 21.1 Å². The van der Waals surface area contributed by atoms with Gasteiger partial charge in [0, 0.05) is 0 Å². The van der Waals surface area contributed by atoms with Crippen LogP contribution in [0.15, 0.2) is 0 Å². The summed E-state index contributed by atoms with van der Waals surface area (Å²) in [6, 6.07) is 0. The van der Waals surface area contributed by atoms with E-state index < -0.39 is 0 Å². The lowest BCUT2D eigenvalue weighted by Crippen LogP contribution is -2.43. The van der Waals surface area contributed by atoms with Crippen molar-refractivity contribution in [2.75, 3.05) is 6.16 Å². The normalized spacial score (nSPS) is 32.8. The Morgan fingerprint density at radius 2 is 1.20 bits per heavy atom. The van der Waals surface area contributed by atoms with Crippen molar-refractivity contribution in [1.29, 1.82) is 0 Å². The molecule has 3 heteroatoms. The third kappa shape index (κ3) is 2.83. The van der Waals surface area contributed by atoms with Crippen LogP contribution in [0, 0.1) is 16.2 Å². The Bertz CT molecular complexity index is 432. The summed E-state index contributed by atoms with van der Waals surface area (Å²) in [5.74, 6) is 0. The van der Waals surface area contributed by atoms with Gasteiger partial charge in [0.05, 0.1) is 4.90 Å². The fraction of sp³-hybridized carbons (Fsp3) is 0.882. The molecule has 3 rings (SSSR count). The van der Waals surface area contributed by atoms with Crippen LogP contribution in [0.25, 0.3) is 0 Å². The molecule has 0 N–H and O–H groups in total. The van der Waals surface area contributed by atoms with Crippen molar-refractivity contribution >= 4 is 34.4 Å². The molecule has 0 fully saturated rings. The molecule has 0 amide bonds. The zero-order chi connectivity index (χ0) is 15.6. The van der Waals surface area contributed by atoms with E-state index in [1.165, 1.54) is 12.6 Å². The van der Waals surface area contributed by atoms with Gasteiger partial charge in [0.2, 0.25) is 0 Å². The van der Waals surface area contributed by atoms with Crippen LogP contribution in [0.5, 0.6) is 0 Å². The van der Waals surface area contributed by atoms with Crippen molar-refractivity contribution in [3.63, 3.8) is 0 Å². The van der Waals surface area contributed by atoms with Crippen molar-refractivity contribution in [3.05, 3.63) is 0 Å². The fourth-order valence-corrected chi connectivity index (χ4v) is 13.4. The Kier molecular flexibility index (Phi) is 4.18. The lowest BCUT2D eigenvalue weighted by Gasteiger charge is -2.53. The lowest BCUT2D eigenvalue weighted by molar-refractivity contribution is 0.357. The molecule has 0 saturated heterocycles. The van der Waals surface area contributed by atoms with Gasteiger partial charge >= 0.3 is 0 Å². The Morgan fingerprint density at radius 3 is 1.50 bits per heavy atom. The van der Waals surface area contributed by atoms with Crippen molar-refractivity contribution in [2.45, 2.75) is 73.6 Å². The van der Waals surface area contributed by atoms with E-state index in [9.17, 15) is 0 Å². The smallest absolute Gasteiger partial charge is 0.0595 e. The first-order valence-electron chi connectivity index (χ1n) is 7.76. The van der Waals surface area contributed by atoms with E-state index in [0.717, 1.165) is 0 Å². The summed E-state index contributed by atoms with van der Waals surface area (Å²) in [6.07, 6.45) is 2.89. The highest BCUT2D eigenvalue weighted by molar-refractivity contribution is 8.06. The van der Waals surface area contributed by atoms with E-state index in [1.54, 1.807) is 16.4 Å². The number of fused-ring (bicyclic) bond motifs is 1. The van der Waals surface area contributed by atoms with E-state index >= 15 is 0 Å². The molecule has 20 heavy (non-hydrogen) atoms. The van der Waals surface area contributed by atoms with Crippen LogP contribution in [0.3, 0.4) is 0 Å². The van der Waals surface area contributed by atoms with Crippen LogP contribution in [0.4, 0.5) is 0 Å². The summed E-state index contributed by atoms with van der Waals surface area (Å²) in [4.78, 5) is 0.468. The predicted octanol–water partition coefficient (Wildman–Crippen LogP) is 6.87. The predicted molar refractivity (Wildman–Crippen MR) is 101 cm³/mol. The van der Waals surface area contributed by atoms with Gasteiger partial charge in [-0.25, -0.2) is 0 Å². The summed E-state index contributed by atoms with van der Waals surface area (Å²) < 4.78 is 0. The first-order chi connectivity index (χ1) is 8.78. The van der Waals surface area contributed by atoms with Crippen LogP contribution in [-0.2, 0) is 0 Å². The highest BCUT2D eigenvalue weighted by atomic mass is 31.2. The molecule has 0 nitrogen and oxygen atoms in total. The molecule has 0 unspecified atom stereocenters. The molecule has 0 aromatic rings. The van der Waals surface area contributed by atoms with Gasteiger partial charge in [0.15, 0.2) is 0 Å². The molecule has 2 bridgehead atoms. The standard InChI is InChI=1S/C17H31P3/c1-14(2,3)12-18-17(16(7,8)9)10-11-20(12)13(19-17)15(4,5)6/h10-11H2,1-9H3. The van der Waals surface area contributed by atoms with E-state index in [2.05, 4.69) is 62.3 Å². The first kappa shape index (κ1) is 17.1. The number of hydrogen-bond donors (Lipinski definition) is 0. The highest BCUT2D eigenvalue weighted by Crippen LogP contribution is 2.72. The Hall–Kier alpha value is 0.770. The monoisotopic (exact) mass is 328 g/mol. The molecular weight excluding hydrogens is 297 g/mol. The molecule has 0 atom stereocenters. The van der Waals surface area contributed by atoms with Crippen molar-refractivity contribution in [2.24, 2.45) is 16.2 Å². The highest BCUT2D eigenvalue weighted by Gasteiger charge is 2.51. The van der Waals surface area contributed by atoms with Crippen LogP contribution >= 0.6 is 24.3 Å². The zero-order valence-electron chi connectivity index (χ0n) is 14.8. The van der Waals surface area contributed by atoms with Gasteiger partial charge in [-0.1, -0.05) is 78.7 Å². The van der Waals surface area contributed by atoms with Crippen molar-refractivity contribution in [1.82, 2.24) is 0 Å². The fourth-order valence-electron chi connectivity index (χ4n) is 3.04. The van der Waals surface area contributed by atoms with Gasteiger partial charge in [0.1, 0.15) is 0 Å². The largest absolute Gasteiger partial charge is 0.0830 e. The SMILES string of the molecule is CC(C)(C)C1=PC2(C(C)(C)C)CCP1C(C(C)(C)C)=P2. The lowest BCUT2D eigenvalue weighted by atomic mass is 9.89. The minimum Gasteiger partial charge on any atom is -0.0830 e. The second-order valence-corrected chi connectivity index (χ2v) is 15.5. The Labute approximate surface area is 130 Å². The molecule has 0 aromatic carbocycles. The van der Waals surface area contributed by atoms with E-state index in [1.807, 2.05) is 10.1 Å². The quantitative estimate of drug-likeness (QED) is 0.425. The van der Waals surface area contributed by atoms with Crippen LogP contribution in [-0.4, -0.2) is 21.1 Å². The van der Waals surface area contributed by atoms with Crippen molar-refractivity contribution < 1.29 is 0 Å². The average molecular weight is 328 g/mol. The summed E-state index contributed by atoms with van der Waals surface area (Å²) >= 11 is 0. The van der Waals surface area contributed by atoms with Crippen LogP contribution in [0.1, 0.15) is 68.7 Å². The van der Waals surface area contributed by atoms with Gasteiger partial charge in [0.25, 0.3) is 0 Å². The molecule has 3 heterocycles. The molecule has 0 saturated carbocycles. The maximum atomic E-state index is 2.46. The summed E-state index contributed by atoms with van der Waals surface area (Å²) in [5.41, 5.74) is 1.14. The second-order valence-electron chi connectivity index (χ2n) is 9.34. The summed E-state index contributed by atoms with van der Waals surface area (Å²) in [5, 5.41) is 3.75. The van der Waals surface area contributed by atoms with E-state index in [4.69, 9.17) is 0 Å². The molecule has 0 aromatic heterocycles. The van der Waals surface area contributed by atoms with Crippen LogP contribution in [0.2, 0.25) is 0 Å². The summed E-state index contributed by atoms with van der Waals surface area (Å²) in [6.45, 7) is 22.0. The van der Waals surface area contributed by atoms with Crippen molar-refractivity contribution in [3.8, 4) is 0 Å². The zero-order valence-corrected chi connectivity index (χ0v) is 17.4. The minimum atomic E-state index is 0.0231. The van der Waals surface area contributed by atoms with Gasteiger partial charge in [-0.05, 0) is 46.8 Å². The van der Waals surface area contributed by atoms with Gasteiger partial charge in [-0.15, -0.1) is 0 Å². The third-order valence-corrected chi connectivity index (χ3v) is 14.3. The molecule has 0 spiro atoms. The second kappa shape index (κ2) is 4.88. The average Bonchev–Trinajstić information content (AvgIpc) is 2.25. The first-order valence-corrected chi connectivity index (χ1v) is 11.1. The molecule has 3 aliphatic heterocycles. The maximum absolute atomic E-state index is 2.46. The molecule has 0 radical (unpaired) electrons. The molecule has 3 aliphatic rings. The Morgan fingerprint density at radius 1 is 0.800 bits per heavy atom. The topological polar surface area (TPSA) is 0 Å². The third-order valence-electron chi connectivity index (χ3n) is 4.32. The molecule has 0 aliphatic carbocycles. The van der Waals surface area contributed by atoms with Gasteiger partial charge in [-0.2, -0.15) is 0 Å². The maximum Gasteiger partial charge on any atom is 0.0595 e. The minimum absolute atomic E-state index is 0.0231. The van der Waals surface area contributed by atoms with E-state index in [-0.39, 0.29) is 7.92 Å². The number of rotatable bonds is 0. The van der Waals surface area contributed by atoms with Crippen LogP contribution < -0.4 is 0 Å². The van der Waals surface area contributed by atoms with Gasteiger partial charge < -0.3 is 0 Å². The molecular formula is C17H31P3. The van der Waals surface area contributed by atoms with Gasteiger partial charge in [-0.3, -0.25) is 0 Å². The number of hydrogen-bond acceptors (Lipinski definition) is 0. The molecule has 114 valence electrons. The Balaban J connectivity index is 2.64. The summed E-state index contributed by atoms with van der Waals surface area (Å²) in [7, 11) is 3.38.